The highest BCUT2D eigenvalue weighted by Crippen LogP contribution is 2.52. The van der Waals surface area contributed by atoms with Crippen LogP contribution in [0.2, 0.25) is 20.1 Å². The SMILES string of the molecule is O=S(=O)(O)C(c1ccc(O)cc1Cl)(c1ccc(O)cc1Cl)c1cccc(Cl)c1Cl. The van der Waals surface area contributed by atoms with Crippen LogP contribution in [0.1, 0.15) is 16.7 Å². The molecule has 152 valence electrons. The molecular formula is C19H12Cl4O5S. The van der Waals surface area contributed by atoms with Gasteiger partial charge in [-0.15, -0.1) is 0 Å². The lowest BCUT2D eigenvalue weighted by Gasteiger charge is -2.34. The summed E-state index contributed by atoms with van der Waals surface area (Å²) in [5.41, 5.74) is -0.373. The van der Waals surface area contributed by atoms with E-state index >= 15 is 0 Å². The van der Waals surface area contributed by atoms with Crippen molar-refractivity contribution in [1.82, 2.24) is 0 Å². The van der Waals surface area contributed by atoms with Gasteiger partial charge in [0.15, 0.2) is 4.75 Å². The Labute approximate surface area is 186 Å². The Hall–Kier alpha value is -1.67. The van der Waals surface area contributed by atoms with Crippen LogP contribution in [0.5, 0.6) is 11.5 Å². The summed E-state index contributed by atoms with van der Waals surface area (Å²) in [6, 6.07) is 11.3. The summed E-state index contributed by atoms with van der Waals surface area (Å²) in [6.45, 7) is 0. The topological polar surface area (TPSA) is 94.8 Å². The van der Waals surface area contributed by atoms with E-state index in [4.69, 9.17) is 46.4 Å². The molecule has 0 saturated carbocycles. The predicted molar refractivity (Wildman–Crippen MR) is 114 cm³/mol. The Kier molecular flexibility index (Phi) is 5.98. The average Bonchev–Trinajstić information content (AvgIpc) is 2.60. The lowest BCUT2D eigenvalue weighted by atomic mass is 9.83. The molecule has 3 aromatic rings. The van der Waals surface area contributed by atoms with Gasteiger partial charge in [0.25, 0.3) is 10.1 Å². The van der Waals surface area contributed by atoms with Crippen LogP contribution in [0.15, 0.2) is 54.6 Å². The number of rotatable bonds is 4. The summed E-state index contributed by atoms with van der Waals surface area (Å²) in [4.78, 5) is 0. The first kappa shape index (κ1) is 22.0. The zero-order valence-corrected chi connectivity index (χ0v) is 18.1. The lowest BCUT2D eigenvalue weighted by molar-refractivity contribution is 0.456. The summed E-state index contributed by atoms with van der Waals surface area (Å²) < 4.78 is 34.1. The van der Waals surface area contributed by atoms with Crippen LogP contribution in [-0.4, -0.2) is 23.2 Å². The molecule has 0 aliphatic rings. The highest BCUT2D eigenvalue weighted by Gasteiger charge is 2.52. The summed E-state index contributed by atoms with van der Waals surface area (Å²) in [5.74, 6) is -0.450. The van der Waals surface area contributed by atoms with Crippen LogP contribution in [0, 0.1) is 0 Å². The third-order valence-corrected chi connectivity index (χ3v) is 7.26. The molecule has 0 spiro atoms. The van der Waals surface area contributed by atoms with Crippen molar-refractivity contribution in [2.24, 2.45) is 0 Å². The van der Waals surface area contributed by atoms with Gasteiger partial charge in [0.2, 0.25) is 0 Å². The average molecular weight is 494 g/mol. The molecule has 0 unspecified atom stereocenters. The van der Waals surface area contributed by atoms with E-state index in [1.807, 2.05) is 0 Å². The number of hydrogen-bond acceptors (Lipinski definition) is 4. The minimum atomic E-state index is -5.07. The Balaban J connectivity index is 2.63. The molecule has 0 fully saturated rings. The van der Waals surface area contributed by atoms with Crippen molar-refractivity contribution in [3.63, 3.8) is 0 Å². The second-order valence-corrected chi connectivity index (χ2v) is 9.25. The molecule has 0 atom stereocenters. The summed E-state index contributed by atoms with van der Waals surface area (Å²) in [6.07, 6.45) is 0. The Morgan fingerprint density at radius 2 is 1.17 bits per heavy atom. The fourth-order valence-electron chi connectivity index (χ4n) is 3.21. The smallest absolute Gasteiger partial charge is 0.283 e. The van der Waals surface area contributed by atoms with Crippen LogP contribution in [-0.2, 0) is 14.9 Å². The van der Waals surface area contributed by atoms with Gasteiger partial charge in [0, 0.05) is 26.7 Å². The maximum absolute atomic E-state index is 13.0. The van der Waals surface area contributed by atoms with E-state index in [2.05, 4.69) is 0 Å². The summed E-state index contributed by atoms with van der Waals surface area (Å²) >= 11 is 25.1. The molecule has 0 saturated heterocycles. The van der Waals surface area contributed by atoms with E-state index in [9.17, 15) is 23.2 Å². The highest BCUT2D eigenvalue weighted by atomic mass is 35.5. The zero-order chi connectivity index (χ0) is 21.6. The largest absolute Gasteiger partial charge is 0.508 e. The molecule has 3 aromatic carbocycles. The first-order chi connectivity index (χ1) is 13.5. The van der Waals surface area contributed by atoms with Crippen molar-refractivity contribution in [2.75, 3.05) is 0 Å². The van der Waals surface area contributed by atoms with Crippen LogP contribution in [0.4, 0.5) is 0 Å². The molecule has 0 bridgehead atoms. The molecule has 0 aliphatic heterocycles. The second kappa shape index (κ2) is 7.87. The minimum Gasteiger partial charge on any atom is -0.508 e. The quantitative estimate of drug-likeness (QED) is 0.311. The molecule has 0 amide bonds. The number of phenolic OH excluding ortho intramolecular Hbond substituents is 2. The van der Waals surface area contributed by atoms with Crippen molar-refractivity contribution >= 4 is 56.5 Å². The van der Waals surface area contributed by atoms with Crippen molar-refractivity contribution in [2.45, 2.75) is 4.75 Å². The first-order valence-corrected chi connectivity index (χ1v) is 10.8. The van der Waals surface area contributed by atoms with Gasteiger partial charge in [0.1, 0.15) is 11.5 Å². The molecule has 0 aliphatic carbocycles. The normalized spacial score (nSPS) is 12.2. The molecule has 0 aromatic heterocycles. The van der Waals surface area contributed by atoms with Crippen molar-refractivity contribution < 1.29 is 23.2 Å². The number of aromatic hydroxyl groups is 2. The molecule has 29 heavy (non-hydrogen) atoms. The monoisotopic (exact) mass is 492 g/mol. The molecule has 3 N–H and O–H groups in total. The van der Waals surface area contributed by atoms with Crippen LogP contribution >= 0.6 is 46.4 Å². The van der Waals surface area contributed by atoms with Gasteiger partial charge < -0.3 is 10.2 Å². The Bertz CT molecular complexity index is 1160. The maximum atomic E-state index is 13.0. The van der Waals surface area contributed by atoms with Crippen LogP contribution in [0.25, 0.3) is 0 Å². The molecule has 0 radical (unpaired) electrons. The third-order valence-electron chi connectivity index (χ3n) is 4.38. The zero-order valence-electron chi connectivity index (χ0n) is 14.3. The fraction of sp³-hybridized carbons (Fsp3) is 0.0526. The molecule has 5 nitrogen and oxygen atoms in total. The van der Waals surface area contributed by atoms with Gasteiger partial charge in [-0.1, -0.05) is 70.7 Å². The van der Waals surface area contributed by atoms with E-state index < -0.39 is 14.9 Å². The van der Waals surface area contributed by atoms with E-state index in [1.54, 1.807) is 0 Å². The van der Waals surface area contributed by atoms with E-state index in [0.29, 0.717) is 0 Å². The second-order valence-electron chi connectivity index (χ2n) is 6.09. The van der Waals surface area contributed by atoms with Gasteiger partial charge in [0.05, 0.1) is 10.0 Å². The maximum Gasteiger partial charge on any atom is 0.283 e. The van der Waals surface area contributed by atoms with Gasteiger partial charge in [-0.3, -0.25) is 4.55 Å². The fourth-order valence-corrected chi connectivity index (χ4v) is 5.81. The number of phenols is 2. The van der Waals surface area contributed by atoms with Crippen molar-refractivity contribution in [3.8, 4) is 11.5 Å². The third kappa shape index (κ3) is 3.65. The van der Waals surface area contributed by atoms with Crippen LogP contribution < -0.4 is 0 Å². The molecule has 0 heterocycles. The molecule has 3 rings (SSSR count). The number of hydrogen-bond donors (Lipinski definition) is 3. The van der Waals surface area contributed by atoms with Gasteiger partial charge in [-0.05, 0) is 30.3 Å². The van der Waals surface area contributed by atoms with E-state index in [1.165, 1.54) is 42.5 Å². The van der Waals surface area contributed by atoms with Gasteiger partial charge in [-0.2, -0.15) is 8.42 Å². The Morgan fingerprint density at radius 3 is 1.59 bits per heavy atom. The summed E-state index contributed by atoms with van der Waals surface area (Å²) in [5, 5.41) is 19.0. The van der Waals surface area contributed by atoms with E-state index in [0.717, 1.165) is 12.1 Å². The van der Waals surface area contributed by atoms with Gasteiger partial charge >= 0.3 is 0 Å². The first-order valence-electron chi connectivity index (χ1n) is 7.89. The molecular weight excluding hydrogens is 482 g/mol. The Morgan fingerprint density at radius 1 is 0.690 bits per heavy atom. The van der Waals surface area contributed by atoms with Crippen molar-refractivity contribution in [3.05, 3.63) is 91.4 Å². The van der Waals surface area contributed by atoms with Crippen LogP contribution in [0.3, 0.4) is 0 Å². The van der Waals surface area contributed by atoms with Gasteiger partial charge in [-0.25, -0.2) is 0 Å². The summed E-state index contributed by atoms with van der Waals surface area (Å²) in [7, 11) is -5.07. The number of halogens is 4. The lowest BCUT2D eigenvalue weighted by Crippen LogP contribution is -2.39. The highest BCUT2D eigenvalue weighted by molar-refractivity contribution is 7.87. The van der Waals surface area contributed by atoms with Crippen molar-refractivity contribution in [1.29, 1.82) is 0 Å². The minimum absolute atomic E-state index is 0.0296. The van der Waals surface area contributed by atoms with E-state index in [-0.39, 0.29) is 48.3 Å². The number of benzene rings is 3. The predicted octanol–water partition coefficient (Wildman–Crippen LogP) is 5.89. The standard InChI is InChI=1S/C19H12Cl4O5S/c20-15-3-1-2-14(18(15)23)19(29(26,27)28,12-6-4-10(24)8-16(12)21)13-7-5-11(25)9-17(13)22/h1-9,24-25H,(H,26,27,28). The molecule has 10 heteroatoms.